The van der Waals surface area contributed by atoms with Gasteiger partial charge >= 0.3 is 6.18 Å². The minimum Gasteiger partial charge on any atom is -0.384 e. The molecule has 10 heteroatoms. The van der Waals surface area contributed by atoms with Gasteiger partial charge in [0.2, 0.25) is 5.95 Å². The first kappa shape index (κ1) is 19.7. The summed E-state index contributed by atoms with van der Waals surface area (Å²) in [6.45, 7) is 7.32. The van der Waals surface area contributed by atoms with E-state index in [1.54, 1.807) is 6.07 Å². The van der Waals surface area contributed by atoms with Crippen LogP contribution < -0.4 is 15.5 Å². The highest BCUT2D eigenvalue weighted by molar-refractivity contribution is 5.69. The Hall–Kier alpha value is -2.62. The number of anilines is 3. The fourth-order valence-corrected chi connectivity index (χ4v) is 3.66. The summed E-state index contributed by atoms with van der Waals surface area (Å²) in [4.78, 5) is 16.7. The van der Waals surface area contributed by atoms with Crippen LogP contribution in [0, 0.1) is 5.92 Å². The Balaban J connectivity index is 1.83. The predicted octanol–water partition coefficient (Wildman–Crippen LogP) is 2.82. The number of nitrogens with zero attached hydrogens (tertiary/aromatic N) is 5. The first-order valence-corrected chi connectivity index (χ1v) is 9.55. The number of hydrogen-bond acceptors (Lipinski definition) is 7. The number of nitrogen functional groups attached to an aromatic ring is 1. The van der Waals surface area contributed by atoms with E-state index >= 15 is 0 Å². The molecule has 2 saturated heterocycles. The third-order valence-electron chi connectivity index (χ3n) is 5.17. The molecule has 2 N–H and O–H groups in total. The van der Waals surface area contributed by atoms with Crippen LogP contribution in [-0.2, 0) is 10.9 Å². The van der Waals surface area contributed by atoms with E-state index in [9.17, 15) is 13.2 Å². The quantitative estimate of drug-likeness (QED) is 0.837. The summed E-state index contributed by atoms with van der Waals surface area (Å²) in [5.41, 5.74) is 4.55. The van der Waals surface area contributed by atoms with Crippen LogP contribution in [0.5, 0.6) is 0 Å². The summed E-state index contributed by atoms with van der Waals surface area (Å²) >= 11 is 0. The van der Waals surface area contributed by atoms with Gasteiger partial charge in [-0.3, -0.25) is 0 Å². The molecule has 7 nitrogen and oxygen atoms in total. The van der Waals surface area contributed by atoms with Crippen molar-refractivity contribution in [1.29, 1.82) is 0 Å². The predicted molar refractivity (Wildman–Crippen MR) is 104 cm³/mol. The monoisotopic (exact) mass is 408 g/mol. The molecule has 0 radical (unpaired) electrons. The molecule has 2 fully saturated rings. The largest absolute Gasteiger partial charge is 0.434 e. The minimum absolute atomic E-state index is 0.0220. The number of nitrogens with two attached hydrogens (primary N) is 1. The van der Waals surface area contributed by atoms with Gasteiger partial charge in [-0.15, -0.1) is 0 Å². The van der Waals surface area contributed by atoms with Crippen molar-refractivity contribution in [2.75, 3.05) is 48.4 Å². The lowest BCUT2D eigenvalue weighted by Crippen LogP contribution is -2.47. The summed E-state index contributed by atoms with van der Waals surface area (Å²) in [6.07, 6.45) is -4.65. The lowest BCUT2D eigenvalue weighted by atomic mass is 10.0. The van der Waals surface area contributed by atoms with E-state index in [1.807, 2.05) is 16.7 Å². The summed E-state index contributed by atoms with van der Waals surface area (Å²) in [6, 6.07) is 4.30. The van der Waals surface area contributed by atoms with Crippen LogP contribution in [-0.4, -0.2) is 53.8 Å². The number of hydrogen-bond donors (Lipinski definition) is 1. The molecule has 2 aromatic rings. The third kappa shape index (κ3) is 3.93. The first-order valence-electron chi connectivity index (χ1n) is 9.55. The fourth-order valence-electron chi connectivity index (χ4n) is 3.66. The second-order valence-electron chi connectivity index (χ2n) is 7.67. The van der Waals surface area contributed by atoms with E-state index in [0.717, 1.165) is 13.1 Å². The Morgan fingerprint density at radius 3 is 2.55 bits per heavy atom. The Bertz CT molecular complexity index is 900. The van der Waals surface area contributed by atoms with Gasteiger partial charge in [-0.1, -0.05) is 6.92 Å². The van der Waals surface area contributed by atoms with Gasteiger partial charge in [-0.2, -0.15) is 18.2 Å². The molecule has 0 spiro atoms. The molecule has 0 saturated carbocycles. The number of morpholine rings is 1. The van der Waals surface area contributed by atoms with Gasteiger partial charge in [0.15, 0.2) is 5.69 Å². The summed E-state index contributed by atoms with van der Waals surface area (Å²) < 4.78 is 46.3. The van der Waals surface area contributed by atoms with Crippen molar-refractivity contribution in [3.63, 3.8) is 0 Å². The molecule has 29 heavy (non-hydrogen) atoms. The van der Waals surface area contributed by atoms with E-state index in [1.165, 1.54) is 12.1 Å². The molecule has 1 atom stereocenters. The number of pyridine rings is 1. The maximum absolute atomic E-state index is 13.6. The van der Waals surface area contributed by atoms with Crippen LogP contribution in [0.4, 0.5) is 30.8 Å². The molecule has 156 valence electrons. The van der Waals surface area contributed by atoms with Gasteiger partial charge in [0, 0.05) is 31.3 Å². The third-order valence-corrected chi connectivity index (χ3v) is 5.17. The van der Waals surface area contributed by atoms with Crippen molar-refractivity contribution in [2.24, 2.45) is 5.92 Å². The number of alkyl halides is 3. The number of aromatic nitrogens is 3. The van der Waals surface area contributed by atoms with Crippen LogP contribution in [0.1, 0.15) is 19.5 Å². The molecule has 2 aliphatic heterocycles. The molecule has 0 aliphatic carbocycles. The van der Waals surface area contributed by atoms with Gasteiger partial charge < -0.3 is 20.3 Å². The second-order valence-corrected chi connectivity index (χ2v) is 7.67. The van der Waals surface area contributed by atoms with E-state index in [2.05, 4.69) is 21.9 Å². The van der Waals surface area contributed by atoms with Gasteiger partial charge in [-0.05, 0) is 25.0 Å². The zero-order chi connectivity index (χ0) is 20.8. The maximum Gasteiger partial charge on any atom is 0.434 e. The van der Waals surface area contributed by atoms with Crippen molar-refractivity contribution < 1.29 is 17.9 Å². The first-order chi connectivity index (χ1) is 13.7. The Morgan fingerprint density at radius 2 is 1.90 bits per heavy atom. The van der Waals surface area contributed by atoms with Gasteiger partial charge in [0.05, 0.1) is 24.9 Å². The molecule has 4 heterocycles. The highest BCUT2D eigenvalue weighted by Crippen LogP contribution is 2.37. The number of rotatable bonds is 3. The molecule has 1 unspecified atom stereocenters. The summed E-state index contributed by atoms with van der Waals surface area (Å²) in [7, 11) is 0. The molecule has 0 aromatic carbocycles. The smallest absolute Gasteiger partial charge is 0.384 e. The van der Waals surface area contributed by atoms with E-state index in [-0.39, 0.29) is 23.1 Å². The van der Waals surface area contributed by atoms with Gasteiger partial charge in [-0.25, -0.2) is 9.97 Å². The molecular formula is C19H23F3N6O. The second kappa shape index (κ2) is 7.33. The summed E-state index contributed by atoms with van der Waals surface area (Å²) in [5, 5.41) is 0. The minimum atomic E-state index is -4.65. The average molecular weight is 408 g/mol. The van der Waals surface area contributed by atoms with Crippen molar-refractivity contribution in [3.05, 3.63) is 23.9 Å². The Kier molecular flexibility index (Phi) is 4.97. The van der Waals surface area contributed by atoms with Crippen LogP contribution in [0.15, 0.2) is 18.2 Å². The molecular weight excluding hydrogens is 385 g/mol. The van der Waals surface area contributed by atoms with Gasteiger partial charge in [0.1, 0.15) is 11.6 Å². The molecule has 0 amide bonds. The molecule has 4 rings (SSSR count). The lowest BCUT2D eigenvalue weighted by molar-refractivity contribution is -0.140. The Morgan fingerprint density at radius 1 is 1.14 bits per heavy atom. The summed E-state index contributed by atoms with van der Waals surface area (Å²) in [5.74, 6) is 1.35. The topological polar surface area (TPSA) is 80.4 Å². The molecule has 2 aromatic heterocycles. The molecule has 0 bridgehead atoms. The molecule has 2 aliphatic rings. The maximum atomic E-state index is 13.6. The zero-order valence-corrected chi connectivity index (χ0v) is 16.3. The Labute approximate surface area is 166 Å². The van der Waals surface area contributed by atoms with Crippen LogP contribution in [0.3, 0.4) is 0 Å². The van der Waals surface area contributed by atoms with Crippen molar-refractivity contribution >= 4 is 17.6 Å². The number of ether oxygens (including phenoxy) is 1. The average Bonchev–Trinajstić information content (AvgIpc) is 2.65. The normalized spacial score (nSPS) is 20.7. The van der Waals surface area contributed by atoms with Crippen molar-refractivity contribution in [2.45, 2.75) is 26.1 Å². The standard InChI is InChI=1S/C19H23F3N6O/c1-11-8-27(9-11)16-7-14(13-3-4-15(23)25-17(13)19(20,21)22)24-18(26-16)28-5-6-29-10-12(28)2/h3-4,7,11-12H,5-6,8-10H2,1-2H3,(H2,23,25). The van der Waals surface area contributed by atoms with Crippen LogP contribution >= 0.6 is 0 Å². The fraction of sp³-hybridized carbons (Fsp3) is 0.526. The SMILES string of the molecule is CC1CN(c2cc(-c3ccc(N)nc3C(F)(F)F)nc(N3CCOCC3C)n2)C1. The van der Waals surface area contributed by atoms with Crippen LogP contribution in [0.2, 0.25) is 0 Å². The van der Waals surface area contributed by atoms with E-state index in [0.29, 0.717) is 37.4 Å². The highest BCUT2D eigenvalue weighted by Gasteiger charge is 2.37. The lowest BCUT2D eigenvalue weighted by Gasteiger charge is -2.39. The zero-order valence-electron chi connectivity index (χ0n) is 16.3. The van der Waals surface area contributed by atoms with E-state index in [4.69, 9.17) is 10.5 Å². The van der Waals surface area contributed by atoms with Crippen LogP contribution in [0.25, 0.3) is 11.3 Å². The van der Waals surface area contributed by atoms with Crippen molar-refractivity contribution in [1.82, 2.24) is 15.0 Å². The van der Waals surface area contributed by atoms with Gasteiger partial charge in [0.25, 0.3) is 0 Å². The van der Waals surface area contributed by atoms with E-state index < -0.39 is 11.9 Å². The number of halogens is 3. The van der Waals surface area contributed by atoms with Crippen molar-refractivity contribution in [3.8, 4) is 11.3 Å². The highest BCUT2D eigenvalue weighted by atomic mass is 19.4.